The van der Waals surface area contributed by atoms with Gasteiger partial charge in [-0.15, -0.1) is 0 Å². The van der Waals surface area contributed by atoms with Gasteiger partial charge in [0, 0.05) is 5.57 Å². The first-order valence-corrected chi connectivity index (χ1v) is 12.9. The molecule has 0 saturated carbocycles. The van der Waals surface area contributed by atoms with Crippen LogP contribution in [0.15, 0.2) is 124 Å². The Balaban J connectivity index is 1.58. The molecule has 0 bridgehead atoms. The molecule has 1 aliphatic carbocycles. The van der Waals surface area contributed by atoms with E-state index in [9.17, 15) is 13.2 Å². The van der Waals surface area contributed by atoms with Gasteiger partial charge < -0.3 is 4.42 Å². The highest BCUT2D eigenvalue weighted by molar-refractivity contribution is 7.89. The minimum absolute atomic E-state index is 0.128. The quantitative estimate of drug-likeness (QED) is 0.377. The van der Waals surface area contributed by atoms with Crippen LogP contribution in [0.3, 0.4) is 0 Å². The average molecular weight is 484 g/mol. The summed E-state index contributed by atoms with van der Waals surface area (Å²) in [5.41, 5.74) is 2.10. The SMILES string of the molecule is Cc1ccc(S(=O)(=O)N[C@H](C2=CCC(c3ccccc3)(c3ccccc3)C2=O)c2ccco2)cc1. The second-order valence-electron chi connectivity index (χ2n) is 8.71. The average Bonchev–Trinajstić information content (AvgIpc) is 3.53. The van der Waals surface area contributed by atoms with Crippen LogP contribution in [0.2, 0.25) is 0 Å². The maximum atomic E-state index is 14.3. The summed E-state index contributed by atoms with van der Waals surface area (Å²) in [7, 11) is -3.93. The zero-order valence-electron chi connectivity index (χ0n) is 19.2. The fourth-order valence-electron chi connectivity index (χ4n) is 4.72. The number of nitrogens with one attached hydrogen (secondary N) is 1. The lowest BCUT2D eigenvalue weighted by Gasteiger charge is -2.30. The molecule has 35 heavy (non-hydrogen) atoms. The number of rotatable bonds is 7. The molecule has 5 nitrogen and oxygen atoms in total. The summed E-state index contributed by atoms with van der Waals surface area (Å²) in [5.74, 6) is 0.208. The van der Waals surface area contributed by atoms with E-state index in [4.69, 9.17) is 4.42 Å². The van der Waals surface area contributed by atoms with Gasteiger partial charge in [-0.05, 0) is 48.7 Å². The number of furan rings is 1. The molecular weight excluding hydrogens is 458 g/mol. The second-order valence-corrected chi connectivity index (χ2v) is 10.4. The second kappa shape index (κ2) is 9.13. The molecule has 1 aliphatic rings. The predicted octanol–water partition coefficient (Wildman–Crippen LogP) is 5.49. The fraction of sp³-hybridized carbons (Fsp3) is 0.138. The third-order valence-corrected chi connectivity index (χ3v) is 7.99. The van der Waals surface area contributed by atoms with E-state index in [1.807, 2.05) is 73.7 Å². The topological polar surface area (TPSA) is 76.4 Å². The van der Waals surface area contributed by atoms with Gasteiger partial charge in [-0.2, -0.15) is 4.72 Å². The first kappa shape index (κ1) is 23.0. The highest BCUT2D eigenvalue weighted by atomic mass is 32.2. The van der Waals surface area contributed by atoms with Gasteiger partial charge in [0.2, 0.25) is 10.0 Å². The van der Waals surface area contributed by atoms with Crippen LogP contribution < -0.4 is 4.72 Å². The van der Waals surface area contributed by atoms with Crippen LogP contribution in [0.25, 0.3) is 0 Å². The van der Waals surface area contributed by atoms with Crippen LogP contribution in [0.1, 0.15) is 34.9 Å². The summed E-state index contributed by atoms with van der Waals surface area (Å²) in [6.45, 7) is 1.89. The van der Waals surface area contributed by atoms with Crippen molar-refractivity contribution in [2.45, 2.75) is 29.7 Å². The number of ketones is 1. The van der Waals surface area contributed by atoms with E-state index < -0.39 is 21.5 Å². The number of aryl methyl sites for hydroxylation is 1. The van der Waals surface area contributed by atoms with E-state index in [2.05, 4.69) is 4.72 Å². The lowest BCUT2D eigenvalue weighted by atomic mass is 9.70. The molecule has 0 radical (unpaired) electrons. The number of Topliss-reactive ketones (excluding diaryl/α,β-unsaturated/α-hetero) is 1. The molecule has 0 spiro atoms. The molecule has 176 valence electrons. The van der Waals surface area contributed by atoms with E-state index in [1.54, 1.807) is 36.4 Å². The van der Waals surface area contributed by atoms with Gasteiger partial charge in [0.15, 0.2) is 5.78 Å². The van der Waals surface area contributed by atoms with Crippen LogP contribution in [-0.2, 0) is 20.2 Å². The van der Waals surface area contributed by atoms with E-state index in [0.29, 0.717) is 17.8 Å². The largest absolute Gasteiger partial charge is 0.467 e. The Morgan fingerprint density at radius 3 is 1.97 bits per heavy atom. The highest BCUT2D eigenvalue weighted by Crippen LogP contribution is 2.46. The third kappa shape index (κ3) is 4.16. The molecule has 5 rings (SSSR count). The van der Waals surface area contributed by atoms with Crippen LogP contribution >= 0.6 is 0 Å². The summed E-state index contributed by atoms with van der Waals surface area (Å²) >= 11 is 0. The smallest absolute Gasteiger partial charge is 0.241 e. The Morgan fingerprint density at radius 1 is 0.829 bits per heavy atom. The molecule has 0 amide bonds. The van der Waals surface area contributed by atoms with Gasteiger partial charge in [0.1, 0.15) is 11.8 Å². The number of carbonyl (C=O) groups excluding carboxylic acids is 1. The van der Waals surface area contributed by atoms with Crippen molar-refractivity contribution in [2.24, 2.45) is 0 Å². The number of sulfonamides is 1. The lowest BCUT2D eigenvalue weighted by molar-refractivity contribution is -0.119. The summed E-state index contributed by atoms with van der Waals surface area (Å²) in [4.78, 5) is 14.4. The zero-order chi connectivity index (χ0) is 24.5. The summed E-state index contributed by atoms with van der Waals surface area (Å²) in [5, 5.41) is 0. The Hall–Kier alpha value is -3.74. The Labute approximate surface area is 205 Å². The van der Waals surface area contributed by atoms with Crippen molar-refractivity contribution in [3.63, 3.8) is 0 Å². The maximum Gasteiger partial charge on any atom is 0.241 e. The molecule has 3 aromatic carbocycles. The van der Waals surface area contributed by atoms with Crippen molar-refractivity contribution in [2.75, 3.05) is 0 Å². The molecule has 0 unspecified atom stereocenters. The van der Waals surface area contributed by atoms with Gasteiger partial charge in [0.05, 0.1) is 16.6 Å². The molecule has 0 fully saturated rings. The van der Waals surface area contributed by atoms with E-state index in [-0.39, 0.29) is 10.7 Å². The molecular formula is C29H25NO4S. The van der Waals surface area contributed by atoms with Crippen molar-refractivity contribution in [3.8, 4) is 0 Å². The molecule has 0 aliphatic heterocycles. The van der Waals surface area contributed by atoms with Crippen LogP contribution in [0.4, 0.5) is 0 Å². The monoisotopic (exact) mass is 483 g/mol. The Morgan fingerprint density at radius 2 is 1.43 bits per heavy atom. The van der Waals surface area contributed by atoms with Crippen molar-refractivity contribution < 1.29 is 17.6 Å². The molecule has 4 aromatic rings. The van der Waals surface area contributed by atoms with Crippen LogP contribution in [-0.4, -0.2) is 14.2 Å². The molecule has 0 saturated heterocycles. The normalized spacial score (nSPS) is 16.1. The maximum absolute atomic E-state index is 14.3. The molecule has 1 heterocycles. The molecule has 1 atom stereocenters. The fourth-order valence-corrected chi connectivity index (χ4v) is 5.91. The minimum Gasteiger partial charge on any atom is -0.467 e. The predicted molar refractivity (Wildman–Crippen MR) is 134 cm³/mol. The van der Waals surface area contributed by atoms with E-state index in [1.165, 1.54) is 6.26 Å². The summed E-state index contributed by atoms with van der Waals surface area (Å²) in [6.07, 6.45) is 3.73. The van der Waals surface area contributed by atoms with Crippen molar-refractivity contribution in [1.82, 2.24) is 4.72 Å². The first-order valence-electron chi connectivity index (χ1n) is 11.4. The third-order valence-electron chi connectivity index (χ3n) is 6.55. The van der Waals surface area contributed by atoms with Gasteiger partial charge in [-0.25, -0.2) is 8.42 Å². The minimum atomic E-state index is -3.93. The van der Waals surface area contributed by atoms with Crippen molar-refractivity contribution >= 4 is 15.8 Å². The Bertz CT molecular complexity index is 1420. The van der Waals surface area contributed by atoms with Crippen molar-refractivity contribution in [3.05, 3.63) is 137 Å². The zero-order valence-corrected chi connectivity index (χ0v) is 20.0. The van der Waals surface area contributed by atoms with Crippen LogP contribution in [0, 0.1) is 6.92 Å². The number of carbonyl (C=O) groups is 1. The van der Waals surface area contributed by atoms with Gasteiger partial charge in [-0.1, -0.05) is 84.4 Å². The lowest BCUT2D eigenvalue weighted by Crippen LogP contribution is -2.38. The summed E-state index contributed by atoms with van der Waals surface area (Å²) in [6, 6.07) is 28.3. The summed E-state index contributed by atoms with van der Waals surface area (Å²) < 4.78 is 35.0. The Kier molecular flexibility index (Phi) is 6.01. The van der Waals surface area contributed by atoms with Crippen LogP contribution in [0.5, 0.6) is 0 Å². The number of benzene rings is 3. The van der Waals surface area contributed by atoms with Gasteiger partial charge in [0.25, 0.3) is 0 Å². The van der Waals surface area contributed by atoms with Gasteiger partial charge >= 0.3 is 0 Å². The van der Waals surface area contributed by atoms with Crippen molar-refractivity contribution in [1.29, 1.82) is 0 Å². The molecule has 1 N–H and O–H groups in total. The molecule has 1 aromatic heterocycles. The number of allylic oxidation sites excluding steroid dienone is 1. The van der Waals surface area contributed by atoms with Gasteiger partial charge in [-0.3, -0.25) is 4.79 Å². The number of hydrogen-bond acceptors (Lipinski definition) is 4. The first-order chi connectivity index (χ1) is 16.9. The van der Waals surface area contributed by atoms with E-state index >= 15 is 0 Å². The number of hydrogen-bond donors (Lipinski definition) is 1. The van der Waals surface area contributed by atoms with E-state index in [0.717, 1.165) is 16.7 Å². The highest BCUT2D eigenvalue weighted by Gasteiger charge is 2.49. The molecule has 6 heteroatoms. The standard InChI is InChI=1S/C29H25NO4S/c1-21-14-16-24(17-15-21)35(32,33)30-27(26-13-8-20-34-26)25-18-19-29(28(25)31,22-9-4-2-5-10-22)23-11-6-3-7-12-23/h2-18,20,27,30H,19H2,1H3/t27-/m1/s1.